The lowest BCUT2D eigenvalue weighted by Gasteiger charge is -2.29. The number of carbonyl (C=O) groups excluding carboxylic acids is 2. The van der Waals surface area contributed by atoms with Crippen molar-refractivity contribution in [2.75, 3.05) is 19.0 Å². The zero-order valence-corrected chi connectivity index (χ0v) is 17.2. The maximum atomic E-state index is 13.5. The van der Waals surface area contributed by atoms with E-state index in [1.807, 2.05) is 0 Å². The molecule has 1 unspecified atom stereocenters. The van der Waals surface area contributed by atoms with Crippen molar-refractivity contribution in [2.24, 2.45) is 0 Å². The molecule has 11 heteroatoms. The molecule has 0 aromatic heterocycles. The number of aliphatic hydroxyl groups is 1. The minimum atomic E-state index is -5.37. The normalized spacial score (nSPS) is 13.3. The predicted octanol–water partition coefficient (Wildman–Crippen LogP) is 4.57. The molecule has 2 aromatic rings. The van der Waals surface area contributed by atoms with Crippen LogP contribution in [0.4, 0.5) is 18.9 Å². The van der Waals surface area contributed by atoms with Gasteiger partial charge in [0.15, 0.2) is 0 Å². The molecule has 30 heavy (non-hydrogen) atoms. The van der Waals surface area contributed by atoms with Crippen molar-refractivity contribution in [1.82, 2.24) is 0 Å². The van der Waals surface area contributed by atoms with Crippen LogP contribution >= 0.6 is 23.2 Å². The van der Waals surface area contributed by atoms with E-state index in [-0.39, 0.29) is 33.7 Å². The summed E-state index contributed by atoms with van der Waals surface area (Å²) in [6.07, 6.45) is -5.37. The quantitative estimate of drug-likeness (QED) is 0.610. The Morgan fingerprint density at radius 3 is 2.30 bits per heavy atom. The molecule has 2 aromatic carbocycles. The van der Waals surface area contributed by atoms with Gasteiger partial charge < -0.3 is 19.9 Å². The summed E-state index contributed by atoms with van der Waals surface area (Å²) in [4.78, 5) is 24.3. The Balaban J connectivity index is 2.43. The number of nitrogens with one attached hydrogen (secondary N) is 1. The summed E-state index contributed by atoms with van der Waals surface area (Å²) in [5.41, 5.74) is -4.62. The van der Waals surface area contributed by atoms with E-state index in [1.54, 1.807) is 0 Å². The van der Waals surface area contributed by atoms with Gasteiger partial charge in [-0.15, -0.1) is 0 Å². The molecule has 0 saturated carbocycles. The van der Waals surface area contributed by atoms with Crippen molar-refractivity contribution < 1.29 is 37.3 Å². The Hall–Kier alpha value is -2.49. The summed E-state index contributed by atoms with van der Waals surface area (Å²) >= 11 is 11.7. The van der Waals surface area contributed by atoms with Gasteiger partial charge in [-0.3, -0.25) is 4.79 Å². The standard InChI is InChI=1S/C19H16Cl2F3NO5/c1-3-30-17(27)18(28,19(22,23)24)11-5-7-14(15(9-11)29-2)25-16(26)10-4-6-12(20)13(21)8-10/h4-9,28H,3H2,1-2H3,(H,25,26). The Labute approximate surface area is 179 Å². The number of amides is 1. The van der Waals surface area contributed by atoms with E-state index in [4.69, 9.17) is 27.9 Å². The van der Waals surface area contributed by atoms with Crippen molar-refractivity contribution in [3.8, 4) is 5.75 Å². The zero-order chi connectivity index (χ0) is 22.7. The van der Waals surface area contributed by atoms with Gasteiger partial charge in [0, 0.05) is 11.1 Å². The Morgan fingerprint density at radius 1 is 1.10 bits per heavy atom. The van der Waals surface area contributed by atoms with Crippen LogP contribution < -0.4 is 10.1 Å². The van der Waals surface area contributed by atoms with Crippen LogP contribution in [-0.4, -0.2) is 36.9 Å². The number of esters is 1. The first-order chi connectivity index (χ1) is 13.9. The van der Waals surface area contributed by atoms with Gasteiger partial charge >= 0.3 is 12.1 Å². The highest BCUT2D eigenvalue weighted by molar-refractivity contribution is 6.42. The predicted molar refractivity (Wildman–Crippen MR) is 104 cm³/mol. The molecule has 1 amide bonds. The van der Waals surface area contributed by atoms with Crippen LogP contribution in [0.1, 0.15) is 22.8 Å². The highest BCUT2D eigenvalue weighted by Crippen LogP contribution is 2.42. The number of ether oxygens (including phenoxy) is 2. The second-order valence-electron chi connectivity index (χ2n) is 5.93. The number of rotatable bonds is 6. The molecular formula is C19H16Cl2F3NO5. The first-order valence-corrected chi connectivity index (χ1v) is 9.12. The molecule has 0 spiro atoms. The molecular weight excluding hydrogens is 450 g/mol. The Kier molecular flexibility index (Phi) is 7.23. The average molecular weight is 466 g/mol. The molecule has 2 N–H and O–H groups in total. The van der Waals surface area contributed by atoms with Crippen LogP contribution in [0.25, 0.3) is 0 Å². The first kappa shape index (κ1) is 23.8. The third-order valence-electron chi connectivity index (χ3n) is 4.03. The minimum Gasteiger partial charge on any atom is -0.495 e. The molecule has 0 saturated heterocycles. The second kappa shape index (κ2) is 9.11. The van der Waals surface area contributed by atoms with Crippen molar-refractivity contribution in [3.63, 3.8) is 0 Å². The SMILES string of the molecule is CCOC(=O)C(O)(c1ccc(NC(=O)c2ccc(Cl)c(Cl)c2)c(OC)c1)C(F)(F)F. The maximum absolute atomic E-state index is 13.5. The van der Waals surface area contributed by atoms with Crippen LogP contribution in [0.3, 0.4) is 0 Å². The van der Waals surface area contributed by atoms with Crippen LogP contribution in [0.5, 0.6) is 5.75 Å². The van der Waals surface area contributed by atoms with Crippen LogP contribution in [0.2, 0.25) is 10.0 Å². The van der Waals surface area contributed by atoms with E-state index in [0.717, 1.165) is 25.3 Å². The number of alkyl halides is 3. The van der Waals surface area contributed by atoms with Gasteiger partial charge in [0.2, 0.25) is 0 Å². The Bertz CT molecular complexity index is 968. The van der Waals surface area contributed by atoms with Crippen LogP contribution in [-0.2, 0) is 15.1 Å². The van der Waals surface area contributed by atoms with Gasteiger partial charge in [0.1, 0.15) is 5.75 Å². The number of hydrogen-bond acceptors (Lipinski definition) is 5. The van der Waals surface area contributed by atoms with Gasteiger partial charge in [-0.25, -0.2) is 4.79 Å². The van der Waals surface area contributed by atoms with E-state index in [2.05, 4.69) is 10.1 Å². The smallest absolute Gasteiger partial charge is 0.432 e. The van der Waals surface area contributed by atoms with E-state index in [9.17, 15) is 27.9 Å². The van der Waals surface area contributed by atoms with Crippen molar-refractivity contribution >= 4 is 40.8 Å². The number of benzene rings is 2. The fourth-order valence-electron chi connectivity index (χ4n) is 2.48. The molecule has 0 heterocycles. The topological polar surface area (TPSA) is 84.9 Å². The van der Waals surface area contributed by atoms with Crippen molar-refractivity contribution in [2.45, 2.75) is 18.7 Å². The van der Waals surface area contributed by atoms with Crippen LogP contribution in [0, 0.1) is 0 Å². The van der Waals surface area contributed by atoms with E-state index in [0.29, 0.717) is 0 Å². The number of hydrogen-bond donors (Lipinski definition) is 2. The molecule has 0 aliphatic rings. The largest absolute Gasteiger partial charge is 0.495 e. The van der Waals surface area contributed by atoms with Gasteiger partial charge in [0.25, 0.3) is 11.5 Å². The third-order valence-corrected chi connectivity index (χ3v) is 4.77. The van der Waals surface area contributed by atoms with Gasteiger partial charge in [-0.05, 0) is 37.3 Å². The molecule has 0 bridgehead atoms. The molecule has 2 rings (SSSR count). The number of carbonyl (C=O) groups is 2. The maximum Gasteiger partial charge on any atom is 0.432 e. The lowest BCUT2D eigenvalue weighted by atomic mass is 9.92. The molecule has 0 aliphatic heterocycles. The molecule has 0 fully saturated rings. The van der Waals surface area contributed by atoms with Crippen molar-refractivity contribution in [1.29, 1.82) is 0 Å². The second-order valence-corrected chi connectivity index (χ2v) is 6.74. The first-order valence-electron chi connectivity index (χ1n) is 8.37. The number of anilines is 1. The molecule has 0 aliphatic carbocycles. The number of methoxy groups -OCH3 is 1. The average Bonchev–Trinajstić information content (AvgIpc) is 2.68. The monoisotopic (exact) mass is 465 g/mol. The van der Waals surface area contributed by atoms with Gasteiger partial charge in [-0.2, -0.15) is 13.2 Å². The van der Waals surface area contributed by atoms with E-state index < -0.39 is 29.2 Å². The number of halogens is 5. The summed E-state index contributed by atoms with van der Waals surface area (Å²) in [5, 5.41) is 13.0. The minimum absolute atomic E-state index is 0.00861. The van der Waals surface area contributed by atoms with Gasteiger partial charge in [-0.1, -0.05) is 29.3 Å². The molecule has 162 valence electrons. The highest BCUT2D eigenvalue weighted by atomic mass is 35.5. The highest BCUT2D eigenvalue weighted by Gasteiger charge is 2.62. The van der Waals surface area contributed by atoms with E-state index in [1.165, 1.54) is 25.1 Å². The zero-order valence-electron chi connectivity index (χ0n) is 15.6. The van der Waals surface area contributed by atoms with Crippen LogP contribution in [0.15, 0.2) is 36.4 Å². The fraction of sp³-hybridized carbons (Fsp3) is 0.263. The summed E-state index contributed by atoms with van der Waals surface area (Å²) in [7, 11) is 1.14. The lowest BCUT2D eigenvalue weighted by Crippen LogP contribution is -2.50. The molecule has 0 radical (unpaired) electrons. The molecule has 1 atom stereocenters. The Morgan fingerprint density at radius 2 is 1.77 bits per heavy atom. The van der Waals surface area contributed by atoms with Crippen molar-refractivity contribution in [3.05, 3.63) is 57.6 Å². The summed E-state index contributed by atoms with van der Waals surface area (Å²) in [6.45, 7) is 0.934. The lowest BCUT2D eigenvalue weighted by molar-refractivity contribution is -0.267. The summed E-state index contributed by atoms with van der Waals surface area (Å²) in [6, 6.07) is 6.78. The van der Waals surface area contributed by atoms with Gasteiger partial charge in [0.05, 0.1) is 29.4 Å². The summed E-state index contributed by atoms with van der Waals surface area (Å²) < 4.78 is 50.0. The molecule has 6 nitrogen and oxygen atoms in total. The third kappa shape index (κ3) is 4.63. The fourth-order valence-corrected chi connectivity index (χ4v) is 2.78. The van der Waals surface area contributed by atoms with E-state index >= 15 is 0 Å². The summed E-state index contributed by atoms with van der Waals surface area (Å²) in [5.74, 6) is -2.75.